The third-order valence-corrected chi connectivity index (χ3v) is 4.27. The van der Waals surface area contributed by atoms with Crippen molar-refractivity contribution in [1.82, 2.24) is 0 Å². The molecule has 0 fully saturated rings. The molecule has 1 aromatic heterocycles. The van der Waals surface area contributed by atoms with Crippen LogP contribution in [0.2, 0.25) is 0 Å². The van der Waals surface area contributed by atoms with Gasteiger partial charge in [0.2, 0.25) is 0 Å². The van der Waals surface area contributed by atoms with Crippen molar-refractivity contribution < 1.29 is 13.9 Å². The van der Waals surface area contributed by atoms with E-state index in [1.165, 1.54) is 11.3 Å². The van der Waals surface area contributed by atoms with Gasteiger partial charge in [-0.05, 0) is 46.2 Å². The summed E-state index contributed by atoms with van der Waals surface area (Å²) in [6.45, 7) is 0. The maximum absolute atomic E-state index is 13.6. The zero-order valence-corrected chi connectivity index (χ0v) is 11.3. The minimum absolute atomic E-state index is 0.0598. The van der Waals surface area contributed by atoms with E-state index in [4.69, 9.17) is 0 Å². The fourth-order valence-corrected chi connectivity index (χ4v) is 3.28. The highest BCUT2D eigenvalue weighted by atomic mass is 32.1. The molecular formula is C16H12F2OS. The molecule has 102 valence electrons. The molecule has 0 amide bonds. The summed E-state index contributed by atoms with van der Waals surface area (Å²) >= 11 is 1.53. The van der Waals surface area contributed by atoms with Crippen LogP contribution in [0.25, 0.3) is 10.1 Å². The Morgan fingerprint density at radius 2 is 1.90 bits per heavy atom. The Labute approximate surface area is 119 Å². The molecule has 3 aromatic rings. The standard InChI is InChI=1S/C16H12F2OS/c17-11-5-6-14(18)10(7-11)8-15(19)13-9-20-16-4-2-1-3-12(13)16/h1-7,9,15,19H,8H2. The van der Waals surface area contributed by atoms with Gasteiger partial charge in [0, 0.05) is 11.1 Å². The van der Waals surface area contributed by atoms with Gasteiger partial charge in [0.05, 0.1) is 6.10 Å². The first kappa shape index (κ1) is 13.2. The lowest BCUT2D eigenvalue weighted by atomic mass is 10.0. The topological polar surface area (TPSA) is 20.2 Å². The zero-order valence-electron chi connectivity index (χ0n) is 10.5. The van der Waals surface area contributed by atoms with Crippen molar-refractivity contribution in [2.45, 2.75) is 12.5 Å². The van der Waals surface area contributed by atoms with Crippen LogP contribution in [0, 0.1) is 11.6 Å². The number of benzene rings is 2. The molecule has 0 aliphatic carbocycles. The van der Waals surface area contributed by atoms with E-state index >= 15 is 0 Å². The molecule has 2 aromatic carbocycles. The van der Waals surface area contributed by atoms with Crippen molar-refractivity contribution >= 4 is 21.4 Å². The van der Waals surface area contributed by atoms with E-state index in [1.54, 1.807) is 0 Å². The van der Waals surface area contributed by atoms with Gasteiger partial charge in [-0.3, -0.25) is 0 Å². The monoisotopic (exact) mass is 290 g/mol. The Bertz CT molecular complexity index is 751. The molecule has 0 spiro atoms. The van der Waals surface area contributed by atoms with E-state index in [1.807, 2.05) is 29.6 Å². The van der Waals surface area contributed by atoms with E-state index in [0.29, 0.717) is 0 Å². The minimum atomic E-state index is -0.845. The van der Waals surface area contributed by atoms with Gasteiger partial charge in [-0.2, -0.15) is 0 Å². The smallest absolute Gasteiger partial charge is 0.126 e. The van der Waals surface area contributed by atoms with Crippen molar-refractivity contribution in [2.24, 2.45) is 0 Å². The minimum Gasteiger partial charge on any atom is -0.388 e. The van der Waals surface area contributed by atoms with Gasteiger partial charge in [0.15, 0.2) is 0 Å². The van der Waals surface area contributed by atoms with Crippen LogP contribution in [-0.2, 0) is 6.42 Å². The predicted molar refractivity (Wildman–Crippen MR) is 76.8 cm³/mol. The van der Waals surface area contributed by atoms with E-state index in [0.717, 1.165) is 33.8 Å². The molecule has 0 aliphatic rings. The number of rotatable bonds is 3. The van der Waals surface area contributed by atoms with Crippen LogP contribution < -0.4 is 0 Å². The third kappa shape index (κ3) is 2.44. The molecule has 1 unspecified atom stereocenters. The lowest BCUT2D eigenvalue weighted by molar-refractivity contribution is 0.179. The lowest BCUT2D eigenvalue weighted by Crippen LogP contribution is -2.03. The Balaban J connectivity index is 1.93. The van der Waals surface area contributed by atoms with Crippen LogP contribution in [0.3, 0.4) is 0 Å². The summed E-state index contributed by atoms with van der Waals surface area (Å²) in [5, 5.41) is 13.1. The van der Waals surface area contributed by atoms with Gasteiger partial charge in [-0.1, -0.05) is 18.2 Å². The molecule has 4 heteroatoms. The summed E-state index contributed by atoms with van der Waals surface area (Å²) in [4.78, 5) is 0. The second kappa shape index (κ2) is 5.31. The van der Waals surface area contributed by atoms with Gasteiger partial charge in [-0.15, -0.1) is 11.3 Å². The molecule has 1 N–H and O–H groups in total. The van der Waals surface area contributed by atoms with E-state index < -0.39 is 17.7 Å². The van der Waals surface area contributed by atoms with Crippen molar-refractivity contribution in [3.05, 3.63) is 70.6 Å². The number of aliphatic hydroxyl groups excluding tert-OH is 1. The number of hydrogen-bond donors (Lipinski definition) is 1. The number of hydrogen-bond acceptors (Lipinski definition) is 2. The molecule has 1 atom stereocenters. The molecule has 0 saturated heterocycles. The number of thiophene rings is 1. The maximum atomic E-state index is 13.6. The summed E-state index contributed by atoms with van der Waals surface area (Å²) < 4.78 is 27.8. The van der Waals surface area contributed by atoms with Gasteiger partial charge < -0.3 is 5.11 Å². The quantitative estimate of drug-likeness (QED) is 0.755. The molecule has 1 nitrogen and oxygen atoms in total. The average Bonchev–Trinajstić information content (AvgIpc) is 2.87. The van der Waals surface area contributed by atoms with Crippen LogP contribution in [0.15, 0.2) is 47.8 Å². The Hall–Kier alpha value is -1.78. The summed E-state index contributed by atoms with van der Waals surface area (Å²) in [7, 11) is 0. The van der Waals surface area contributed by atoms with E-state index in [9.17, 15) is 13.9 Å². The van der Waals surface area contributed by atoms with Crippen LogP contribution in [0.5, 0.6) is 0 Å². The summed E-state index contributed by atoms with van der Waals surface area (Å²) in [6, 6.07) is 11.0. The average molecular weight is 290 g/mol. The van der Waals surface area contributed by atoms with Crippen LogP contribution in [0.1, 0.15) is 17.2 Å². The van der Waals surface area contributed by atoms with Crippen molar-refractivity contribution in [3.8, 4) is 0 Å². The highest BCUT2D eigenvalue weighted by molar-refractivity contribution is 7.17. The van der Waals surface area contributed by atoms with Crippen molar-refractivity contribution in [2.75, 3.05) is 0 Å². The molecule has 1 heterocycles. The van der Waals surface area contributed by atoms with Crippen LogP contribution in [-0.4, -0.2) is 5.11 Å². The Morgan fingerprint density at radius 3 is 2.75 bits per heavy atom. The predicted octanol–water partition coefficient (Wildman–Crippen LogP) is 4.46. The zero-order chi connectivity index (χ0) is 14.1. The molecule has 0 saturated carbocycles. The Morgan fingerprint density at radius 1 is 1.10 bits per heavy atom. The first-order valence-electron chi connectivity index (χ1n) is 6.23. The van der Waals surface area contributed by atoms with Gasteiger partial charge in [0.1, 0.15) is 11.6 Å². The largest absolute Gasteiger partial charge is 0.388 e. The molecule has 3 rings (SSSR count). The van der Waals surface area contributed by atoms with Crippen molar-refractivity contribution in [1.29, 1.82) is 0 Å². The number of halogens is 2. The molecule has 0 bridgehead atoms. The summed E-state index contributed by atoms with van der Waals surface area (Å²) in [5.41, 5.74) is 0.946. The lowest BCUT2D eigenvalue weighted by Gasteiger charge is -2.11. The first-order chi connectivity index (χ1) is 9.65. The fraction of sp³-hybridized carbons (Fsp3) is 0.125. The normalized spacial score (nSPS) is 12.8. The third-order valence-electron chi connectivity index (χ3n) is 3.29. The number of fused-ring (bicyclic) bond motifs is 1. The fourth-order valence-electron chi connectivity index (χ4n) is 2.27. The van der Waals surface area contributed by atoms with Crippen molar-refractivity contribution in [3.63, 3.8) is 0 Å². The van der Waals surface area contributed by atoms with Crippen LogP contribution in [0.4, 0.5) is 8.78 Å². The van der Waals surface area contributed by atoms with Gasteiger partial charge in [0.25, 0.3) is 0 Å². The number of aliphatic hydroxyl groups is 1. The molecule has 0 aliphatic heterocycles. The second-order valence-electron chi connectivity index (χ2n) is 4.64. The van der Waals surface area contributed by atoms with Gasteiger partial charge in [-0.25, -0.2) is 8.78 Å². The first-order valence-corrected chi connectivity index (χ1v) is 7.11. The van der Waals surface area contributed by atoms with E-state index in [-0.39, 0.29) is 12.0 Å². The highest BCUT2D eigenvalue weighted by Crippen LogP contribution is 2.32. The molecular weight excluding hydrogens is 278 g/mol. The Kier molecular flexibility index (Phi) is 3.51. The molecule has 0 radical (unpaired) electrons. The summed E-state index contributed by atoms with van der Waals surface area (Å²) in [5.74, 6) is -0.992. The van der Waals surface area contributed by atoms with E-state index in [2.05, 4.69) is 0 Å². The maximum Gasteiger partial charge on any atom is 0.126 e. The highest BCUT2D eigenvalue weighted by Gasteiger charge is 2.16. The second-order valence-corrected chi connectivity index (χ2v) is 5.55. The van der Waals surface area contributed by atoms with Crippen LogP contribution >= 0.6 is 11.3 Å². The SMILES string of the molecule is OC(Cc1cc(F)ccc1F)c1csc2ccccc12. The summed E-state index contributed by atoms with van der Waals surface area (Å²) in [6.07, 6.45) is -0.785. The molecule has 20 heavy (non-hydrogen) atoms. The van der Waals surface area contributed by atoms with Gasteiger partial charge >= 0.3 is 0 Å².